The van der Waals surface area contributed by atoms with E-state index in [1.807, 2.05) is 17.8 Å². The first-order valence-electron chi connectivity index (χ1n) is 7.08. The maximum absolute atomic E-state index is 5.48. The molecule has 0 radical (unpaired) electrons. The molecule has 1 saturated carbocycles. The molecule has 1 aliphatic carbocycles. The van der Waals surface area contributed by atoms with Crippen LogP contribution in [0.4, 0.5) is 0 Å². The zero-order chi connectivity index (χ0) is 14.8. The van der Waals surface area contributed by atoms with Crippen LogP contribution in [0.25, 0.3) is 0 Å². The van der Waals surface area contributed by atoms with E-state index in [0.717, 1.165) is 18.9 Å². The van der Waals surface area contributed by atoms with Gasteiger partial charge in [0.1, 0.15) is 0 Å². The molecule has 1 aliphatic rings. The van der Waals surface area contributed by atoms with Crippen LogP contribution in [0.15, 0.2) is 23.5 Å². The third-order valence-electron chi connectivity index (χ3n) is 4.35. The lowest BCUT2D eigenvalue weighted by molar-refractivity contribution is -0.0922. The highest BCUT2D eigenvalue weighted by Crippen LogP contribution is 2.42. The fourth-order valence-electron chi connectivity index (χ4n) is 2.74. The summed E-state index contributed by atoms with van der Waals surface area (Å²) in [6.45, 7) is 5.24. The van der Waals surface area contributed by atoms with E-state index < -0.39 is 0 Å². The molecule has 120 valence electrons. The summed E-state index contributed by atoms with van der Waals surface area (Å²) < 4.78 is 7.52. The quantitative estimate of drug-likeness (QED) is 0.458. The van der Waals surface area contributed by atoms with Crippen LogP contribution in [0, 0.1) is 5.41 Å². The summed E-state index contributed by atoms with van der Waals surface area (Å²) in [5.41, 5.74) is 1.39. The predicted molar refractivity (Wildman–Crippen MR) is 97.1 cm³/mol. The Hall–Kier alpha value is -0.760. The molecule has 0 amide bonds. The van der Waals surface area contributed by atoms with Gasteiger partial charge in [0.05, 0.1) is 6.10 Å². The van der Waals surface area contributed by atoms with Crippen molar-refractivity contribution in [2.75, 3.05) is 14.2 Å². The molecule has 5 nitrogen and oxygen atoms in total. The van der Waals surface area contributed by atoms with Gasteiger partial charge in [0.25, 0.3) is 0 Å². The van der Waals surface area contributed by atoms with Crippen molar-refractivity contribution >= 4 is 29.9 Å². The van der Waals surface area contributed by atoms with E-state index in [0.29, 0.717) is 12.1 Å². The Morgan fingerprint density at radius 1 is 1.52 bits per heavy atom. The second-order valence-electron chi connectivity index (χ2n) is 6.09. The Morgan fingerprint density at radius 2 is 2.24 bits per heavy atom. The van der Waals surface area contributed by atoms with Crippen molar-refractivity contribution in [3.63, 3.8) is 0 Å². The van der Waals surface area contributed by atoms with Gasteiger partial charge in [0.15, 0.2) is 5.96 Å². The minimum atomic E-state index is 0. The number of guanidine groups is 1. The Kier molecular flexibility index (Phi) is 6.52. The number of methoxy groups -OCH3 is 1. The Labute approximate surface area is 144 Å². The monoisotopic (exact) mass is 406 g/mol. The number of aromatic nitrogens is 1. The van der Waals surface area contributed by atoms with Gasteiger partial charge in [-0.1, -0.05) is 13.8 Å². The molecule has 0 spiro atoms. The molecule has 2 unspecified atom stereocenters. The summed E-state index contributed by atoms with van der Waals surface area (Å²) in [5.74, 6) is 0.849. The van der Waals surface area contributed by atoms with Crippen molar-refractivity contribution in [1.29, 1.82) is 0 Å². The van der Waals surface area contributed by atoms with Crippen molar-refractivity contribution < 1.29 is 4.74 Å². The zero-order valence-corrected chi connectivity index (χ0v) is 15.8. The highest BCUT2D eigenvalue weighted by atomic mass is 127. The third kappa shape index (κ3) is 4.12. The summed E-state index contributed by atoms with van der Waals surface area (Å²) in [5, 5.41) is 6.84. The molecule has 2 atom stereocenters. The minimum Gasteiger partial charge on any atom is -0.381 e. The van der Waals surface area contributed by atoms with Gasteiger partial charge in [-0.2, -0.15) is 0 Å². The molecule has 2 rings (SSSR count). The van der Waals surface area contributed by atoms with Gasteiger partial charge in [-0.15, -0.1) is 24.0 Å². The molecule has 1 fully saturated rings. The van der Waals surface area contributed by atoms with Gasteiger partial charge >= 0.3 is 0 Å². The molecule has 21 heavy (non-hydrogen) atoms. The lowest BCUT2D eigenvalue weighted by Gasteiger charge is -2.51. The number of aryl methyl sites for hydroxylation is 1. The first-order valence-corrected chi connectivity index (χ1v) is 7.08. The summed E-state index contributed by atoms with van der Waals surface area (Å²) in [7, 11) is 5.61. The fraction of sp³-hybridized carbons (Fsp3) is 0.667. The summed E-state index contributed by atoms with van der Waals surface area (Å²) in [4.78, 5) is 4.29. The largest absolute Gasteiger partial charge is 0.381 e. The Bertz CT molecular complexity index is 484. The average molecular weight is 406 g/mol. The maximum Gasteiger partial charge on any atom is 0.191 e. The molecule has 0 saturated heterocycles. The van der Waals surface area contributed by atoms with Crippen molar-refractivity contribution in [3.05, 3.63) is 24.0 Å². The van der Waals surface area contributed by atoms with E-state index in [2.05, 4.69) is 41.7 Å². The molecule has 0 aliphatic heterocycles. The van der Waals surface area contributed by atoms with Gasteiger partial charge in [-0.25, -0.2) is 0 Å². The van der Waals surface area contributed by atoms with Crippen molar-refractivity contribution in [3.8, 4) is 0 Å². The van der Waals surface area contributed by atoms with Crippen molar-refractivity contribution in [2.24, 2.45) is 17.5 Å². The fourth-order valence-corrected chi connectivity index (χ4v) is 2.74. The number of halogens is 1. The highest BCUT2D eigenvalue weighted by Gasteiger charge is 2.48. The molecule has 2 N–H and O–H groups in total. The summed E-state index contributed by atoms with van der Waals surface area (Å²) in [6, 6.07) is 2.50. The smallest absolute Gasteiger partial charge is 0.191 e. The van der Waals surface area contributed by atoms with Crippen LogP contribution in [0.2, 0.25) is 0 Å². The number of aliphatic imine (C=N–C) groups is 1. The van der Waals surface area contributed by atoms with E-state index in [1.165, 1.54) is 5.56 Å². The van der Waals surface area contributed by atoms with Gasteiger partial charge in [0.2, 0.25) is 0 Å². The summed E-state index contributed by atoms with van der Waals surface area (Å²) >= 11 is 0. The number of rotatable bonds is 4. The third-order valence-corrected chi connectivity index (χ3v) is 4.35. The minimum absolute atomic E-state index is 0. The van der Waals surface area contributed by atoms with Crippen LogP contribution >= 0.6 is 24.0 Å². The molecule has 0 bridgehead atoms. The number of nitrogens with zero attached hydrogens (tertiary/aromatic N) is 2. The molecule has 0 aromatic carbocycles. The van der Waals surface area contributed by atoms with Crippen LogP contribution in [0.1, 0.15) is 25.8 Å². The highest BCUT2D eigenvalue weighted by molar-refractivity contribution is 14.0. The maximum atomic E-state index is 5.48. The van der Waals surface area contributed by atoms with E-state index in [-0.39, 0.29) is 29.4 Å². The second-order valence-corrected chi connectivity index (χ2v) is 6.09. The number of ether oxygens (including phenoxy) is 1. The SMILES string of the molecule is CN=C(NCc1ccn(C)c1)NC1CC(OC)C1(C)C.I. The molecule has 1 aromatic heterocycles. The Balaban J connectivity index is 0.00000220. The van der Waals surface area contributed by atoms with E-state index in [9.17, 15) is 0 Å². The summed E-state index contributed by atoms with van der Waals surface area (Å²) in [6.07, 6.45) is 5.50. The van der Waals surface area contributed by atoms with Crippen LogP contribution in [0.5, 0.6) is 0 Å². The predicted octanol–water partition coefficient (Wildman–Crippen LogP) is 2.12. The lowest BCUT2D eigenvalue weighted by Crippen LogP contribution is -2.63. The average Bonchev–Trinajstić information content (AvgIpc) is 2.83. The van der Waals surface area contributed by atoms with Crippen LogP contribution in [-0.4, -0.2) is 36.8 Å². The Morgan fingerprint density at radius 3 is 2.71 bits per heavy atom. The topological polar surface area (TPSA) is 50.6 Å². The van der Waals surface area contributed by atoms with Crippen LogP contribution < -0.4 is 10.6 Å². The number of nitrogens with one attached hydrogen (secondary N) is 2. The van der Waals surface area contributed by atoms with Crippen LogP contribution in [-0.2, 0) is 18.3 Å². The van der Waals surface area contributed by atoms with E-state index >= 15 is 0 Å². The molecule has 1 aromatic rings. The van der Waals surface area contributed by atoms with Gasteiger partial charge in [-0.3, -0.25) is 4.99 Å². The van der Waals surface area contributed by atoms with Crippen LogP contribution in [0.3, 0.4) is 0 Å². The van der Waals surface area contributed by atoms with Crippen molar-refractivity contribution in [1.82, 2.24) is 15.2 Å². The molecular weight excluding hydrogens is 379 g/mol. The standard InChI is InChI=1S/C15H26N4O.HI/c1-15(2)12(8-13(15)20-5)18-14(16-3)17-9-11-6-7-19(4)10-11;/h6-7,10,12-13H,8-9H2,1-5H3,(H2,16,17,18);1H. The molecular formula is C15H27IN4O. The first-order chi connectivity index (χ1) is 9.47. The van der Waals surface area contributed by atoms with Gasteiger partial charge < -0.3 is 19.9 Å². The zero-order valence-electron chi connectivity index (χ0n) is 13.5. The normalized spacial score (nSPS) is 24.0. The van der Waals surface area contributed by atoms with Gasteiger partial charge in [0, 0.05) is 51.6 Å². The molecule has 6 heteroatoms. The second kappa shape index (κ2) is 7.49. The lowest BCUT2D eigenvalue weighted by atomic mass is 9.64. The first kappa shape index (κ1) is 18.3. The van der Waals surface area contributed by atoms with Crippen molar-refractivity contribution in [2.45, 2.75) is 39.0 Å². The number of hydrogen-bond acceptors (Lipinski definition) is 2. The van der Waals surface area contributed by atoms with Gasteiger partial charge in [-0.05, 0) is 18.1 Å². The number of hydrogen-bond donors (Lipinski definition) is 2. The molecule has 1 heterocycles. The van der Waals surface area contributed by atoms with E-state index in [1.54, 1.807) is 14.2 Å². The van der Waals surface area contributed by atoms with E-state index in [4.69, 9.17) is 4.74 Å².